The average Bonchev–Trinajstić information content (AvgIpc) is 3.64. The zero-order valence-corrected chi connectivity index (χ0v) is 27.0. The summed E-state index contributed by atoms with van der Waals surface area (Å²) in [4.78, 5) is 39.1. The Balaban J connectivity index is 1.10. The highest BCUT2D eigenvalue weighted by Crippen LogP contribution is 2.42. The number of hydrogen-bond donors (Lipinski definition) is 2. The van der Waals surface area contributed by atoms with E-state index in [4.69, 9.17) is 4.74 Å². The fourth-order valence-electron chi connectivity index (χ4n) is 6.45. The minimum atomic E-state index is -3.03. The van der Waals surface area contributed by atoms with Gasteiger partial charge in [0.1, 0.15) is 17.9 Å². The number of thioether (sulfide) groups is 1. The maximum atomic E-state index is 13.6. The zero-order chi connectivity index (χ0) is 32.5. The molecule has 1 unspecified atom stereocenters. The van der Waals surface area contributed by atoms with Gasteiger partial charge in [0.05, 0.1) is 17.9 Å². The lowest BCUT2D eigenvalue weighted by atomic mass is 10.0. The first-order valence-electron chi connectivity index (χ1n) is 16.1. The number of halogens is 2. The predicted octanol–water partition coefficient (Wildman–Crippen LogP) is 2.96. The fourth-order valence-corrected chi connectivity index (χ4v) is 7.55. The Morgan fingerprint density at radius 2 is 1.89 bits per heavy atom. The van der Waals surface area contributed by atoms with Crippen LogP contribution in [0.25, 0.3) is 5.65 Å². The summed E-state index contributed by atoms with van der Waals surface area (Å²) in [5.41, 5.74) is 4.74. The molecule has 2 N–H and O–H groups in total. The number of likely N-dealkylation sites (tertiary alicyclic amines) is 1. The molecule has 15 heteroatoms. The van der Waals surface area contributed by atoms with Crippen LogP contribution in [0, 0.1) is 0 Å². The number of benzene rings is 1. The van der Waals surface area contributed by atoms with Crippen molar-refractivity contribution in [2.24, 2.45) is 0 Å². The molecule has 47 heavy (non-hydrogen) atoms. The van der Waals surface area contributed by atoms with Gasteiger partial charge in [-0.3, -0.25) is 14.5 Å². The number of piperidine rings is 1. The molecule has 250 valence electrons. The van der Waals surface area contributed by atoms with Gasteiger partial charge in [-0.25, -0.2) is 14.9 Å². The van der Waals surface area contributed by atoms with Crippen LogP contribution in [-0.4, -0.2) is 117 Å². The van der Waals surface area contributed by atoms with Crippen molar-refractivity contribution in [3.8, 4) is 5.75 Å². The number of piperazine rings is 1. The number of nitrogens with one attached hydrogen (secondary N) is 2. The van der Waals surface area contributed by atoms with Crippen molar-refractivity contribution in [1.82, 2.24) is 45.0 Å². The second kappa shape index (κ2) is 13.7. The van der Waals surface area contributed by atoms with E-state index in [1.807, 2.05) is 11.0 Å². The number of alkyl halides is 2. The maximum absolute atomic E-state index is 13.6. The first-order valence-corrected chi connectivity index (χ1v) is 17.0. The van der Waals surface area contributed by atoms with Crippen LogP contribution in [-0.2, 0) is 4.79 Å². The van der Waals surface area contributed by atoms with Crippen LogP contribution >= 0.6 is 11.8 Å². The van der Waals surface area contributed by atoms with Gasteiger partial charge < -0.3 is 24.9 Å². The Morgan fingerprint density at radius 1 is 1.11 bits per heavy atom. The summed E-state index contributed by atoms with van der Waals surface area (Å²) in [7, 11) is 2.15. The summed E-state index contributed by atoms with van der Waals surface area (Å²) in [5.74, 6) is -0.517. The molecule has 0 bridgehead atoms. The molecule has 4 aliphatic rings. The molecule has 3 fully saturated rings. The Morgan fingerprint density at radius 3 is 2.64 bits per heavy atom. The molecule has 3 aliphatic heterocycles. The number of rotatable bonds is 10. The Labute approximate surface area is 276 Å². The van der Waals surface area contributed by atoms with Gasteiger partial charge in [-0.2, -0.15) is 13.9 Å². The number of carbonyl (C=O) groups excluding carboxylic acids is 2. The van der Waals surface area contributed by atoms with Gasteiger partial charge in [0.25, 0.3) is 5.91 Å². The summed E-state index contributed by atoms with van der Waals surface area (Å²) in [5, 5.41) is 9.27. The summed E-state index contributed by atoms with van der Waals surface area (Å²) in [6, 6.07) is 6.57. The van der Waals surface area contributed by atoms with Crippen molar-refractivity contribution in [2.75, 3.05) is 52.9 Å². The van der Waals surface area contributed by atoms with E-state index in [2.05, 4.69) is 37.7 Å². The van der Waals surface area contributed by atoms with Crippen molar-refractivity contribution in [3.05, 3.63) is 65.9 Å². The van der Waals surface area contributed by atoms with Gasteiger partial charge in [0.15, 0.2) is 5.65 Å². The van der Waals surface area contributed by atoms with Crippen LogP contribution in [0.5, 0.6) is 5.75 Å². The number of ether oxygens (including phenoxy) is 1. The van der Waals surface area contributed by atoms with Crippen LogP contribution in [0.3, 0.4) is 0 Å². The average molecular weight is 668 g/mol. The Bertz CT molecular complexity index is 1630. The molecule has 1 aromatic carbocycles. The third-order valence-electron chi connectivity index (χ3n) is 9.20. The van der Waals surface area contributed by atoms with Gasteiger partial charge in [0.2, 0.25) is 5.91 Å². The lowest BCUT2D eigenvalue weighted by Crippen LogP contribution is -2.53. The molecule has 2 saturated heterocycles. The normalized spacial score (nSPS) is 21.4. The number of fused-ring (bicyclic) bond motifs is 1. The van der Waals surface area contributed by atoms with Crippen LogP contribution in [0.2, 0.25) is 0 Å². The number of hydrogen-bond acceptors (Lipinski definition) is 10. The lowest BCUT2D eigenvalue weighted by molar-refractivity contribution is -0.134. The van der Waals surface area contributed by atoms with Gasteiger partial charge in [-0.1, -0.05) is 0 Å². The van der Waals surface area contributed by atoms with E-state index in [9.17, 15) is 18.4 Å². The molecule has 2 amide bonds. The van der Waals surface area contributed by atoms with Crippen molar-refractivity contribution in [2.45, 2.75) is 54.5 Å². The summed E-state index contributed by atoms with van der Waals surface area (Å²) in [6.45, 7) is 2.56. The molecule has 7 rings (SSSR count). The second-order valence-corrected chi connectivity index (χ2v) is 13.9. The van der Waals surface area contributed by atoms with E-state index < -0.39 is 18.6 Å². The van der Waals surface area contributed by atoms with Crippen molar-refractivity contribution >= 4 is 29.2 Å². The second-order valence-electron chi connectivity index (χ2n) is 12.5. The quantitative estimate of drug-likeness (QED) is 0.335. The van der Waals surface area contributed by atoms with Gasteiger partial charge >= 0.3 is 6.61 Å². The lowest BCUT2D eigenvalue weighted by Gasteiger charge is -2.42. The van der Waals surface area contributed by atoms with E-state index in [-0.39, 0.29) is 23.8 Å². The molecule has 1 aliphatic carbocycles. The van der Waals surface area contributed by atoms with Crippen LogP contribution in [0.15, 0.2) is 59.6 Å². The maximum Gasteiger partial charge on any atom is 0.387 e. The standard InChI is InChI=1S/C32H39F2N9O3S/c1-39-13-15-40(16-14-39)21-7-11-41(12-8-21)28(44)20-42-19-26(37-31(45)25-18-36-43-10-2-9-35-30(25)43)29(38-42)24-17-23(47-22-3-4-22)5-6-27(24)46-32(33)34/h2,5-6,9-10,17-19,21-22,29,32,38H,3-4,7-8,11-16,20H2,1H3,(H,37,45). The van der Waals surface area contributed by atoms with Crippen molar-refractivity contribution in [3.63, 3.8) is 0 Å². The SMILES string of the molecule is CN1CCN(C2CCN(C(=O)CN3C=C(NC(=O)c4cnn5cccnc45)C(c4cc(SC5CC5)ccc4OC(F)F)N3)CC2)CC1. The molecule has 1 saturated carbocycles. The number of nitrogens with zero attached hydrogens (tertiary/aromatic N) is 7. The van der Waals surface area contributed by atoms with Crippen LogP contribution in [0.4, 0.5) is 8.78 Å². The first-order chi connectivity index (χ1) is 22.8. The summed E-state index contributed by atoms with van der Waals surface area (Å²) >= 11 is 1.69. The van der Waals surface area contributed by atoms with Crippen molar-refractivity contribution < 1.29 is 23.1 Å². The predicted molar refractivity (Wildman–Crippen MR) is 172 cm³/mol. The van der Waals surface area contributed by atoms with E-state index in [0.29, 0.717) is 41.3 Å². The van der Waals surface area contributed by atoms with E-state index in [1.54, 1.807) is 53.6 Å². The first kappa shape index (κ1) is 31.8. The van der Waals surface area contributed by atoms with E-state index in [1.165, 1.54) is 10.7 Å². The van der Waals surface area contributed by atoms with Crippen molar-refractivity contribution in [1.29, 1.82) is 0 Å². The Kier molecular flexibility index (Phi) is 9.30. The third kappa shape index (κ3) is 7.37. The minimum Gasteiger partial charge on any atom is -0.434 e. The molecule has 5 heterocycles. The topological polar surface area (TPSA) is 111 Å². The molecule has 12 nitrogen and oxygen atoms in total. The van der Waals surface area contributed by atoms with Crippen LogP contribution < -0.4 is 15.5 Å². The highest BCUT2D eigenvalue weighted by atomic mass is 32.2. The highest BCUT2D eigenvalue weighted by Gasteiger charge is 2.34. The molecular formula is C32H39F2N9O3S. The number of carbonyl (C=O) groups is 2. The molecule has 1 atom stereocenters. The fraction of sp³-hybridized carbons (Fsp3) is 0.500. The number of aromatic nitrogens is 3. The number of hydrazine groups is 1. The monoisotopic (exact) mass is 667 g/mol. The highest BCUT2D eigenvalue weighted by molar-refractivity contribution is 8.00. The van der Waals surface area contributed by atoms with Gasteiger partial charge in [-0.15, -0.1) is 11.8 Å². The summed E-state index contributed by atoms with van der Waals surface area (Å²) in [6.07, 6.45) is 10.4. The summed E-state index contributed by atoms with van der Waals surface area (Å²) < 4.78 is 33.6. The van der Waals surface area contributed by atoms with Crippen LogP contribution in [0.1, 0.15) is 47.6 Å². The molecule has 3 aromatic rings. The van der Waals surface area contributed by atoms with E-state index >= 15 is 0 Å². The molecule has 0 radical (unpaired) electrons. The zero-order valence-electron chi connectivity index (χ0n) is 26.2. The minimum absolute atomic E-state index is 0.00500. The smallest absolute Gasteiger partial charge is 0.387 e. The number of likely N-dealkylation sites (N-methyl/N-ethyl adjacent to an activating group) is 1. The van der Waals surface area contributed by atoms with Gasteiger partial charge in [0, 0.05) is 79.6 Å². The molecular weight excluding hydrogens is 628 g/mol. The third-order valence-corrected chi connectivity index (χ3v) is 10.5. The molecule has 2 aromatic heterocycles. The van der Waals surface area contributed by atoms with Gasteiger partial charge in [-0.05, 0) is 57.0 Å². The number of amides is 2. The molecule has 0 spiro atoms. The Hall–Kier alpha value is -3.79. The van der Waals surface area contributed by atoms with E-state index in [0.717, 1.165) is 56.8 Å². The largest absolute Gasteiger partial charge is 0.434 e.